The Hall–Kier alpha value is -3.45. The summed E-state index contributed by atoms with van der Waals surface area (Å²) >= 11 is 3.67. The third-order valence-corrected chi connectivity index (χ3v) is 7.63. The van der Waals surface area contributed by atoms with E-state index in [1.54, 1.807) is 23.1 Å². The van der Waals surface area contributed by atoms with Gasteiger partial charge in [0.25, 0.3) is 5.91 Å². The number of hydrogen-bond acceptors (Lipinski definition) is 9. The highest BCUT2D eigenvalue weighted by atomic mass is 79.9. The second-order valence-corrected chi connectivity index (χ2v) is 9.48. The summed E-state index contributed by atoms with van der Waals surface area (Å²) in [6.45, 7) is 0.275. The first kappa shape index (κ1) is 21.1. The lowest BCUT2D eigenvalue weighted by atomic mass is 9.87. The fourth-order valence-corrected chi connectivity index (χ4v) is 5.83. The van der Waals surface area contributed by atoms with Crippen LogP contribution in [0.4, 0.5) is 5.82 Å². The van der Waals surface area contributed by atoms with E-state index >= 15 is 0 Å². The molecule has 0 saturated carbocycles. The van der Waals surface area contributed by atoms with Gasteiger partial charge in [-0.2, -0.15) is 9.61 Å². The Morgan fingerprint density at radius 1 is 1.18 bits per heavy atom. The molecular weight excluding hydrogens is 502 g/mol. The minimum Gasteiger partial charge on any atom is -0.383 e. The number of amides is 1. The van der Waals surface area contributed by atoms with Crippen LogP contribution in [0.2, 0.25) is 0 Å². The zero-order chi connectivity index (χ0) is 23.4. The first-order valence-electron chi connectivity index (χ1n) is 11.1. The van der Waals surface area contributed by atoms with E-state index in [1.165, 1.54) is 6.33 Å². The molecule has 2 saturated heterocycles. The number of hydrogen-bond donors (Lipinski definition) is 3. The van der Waals surface area contributed by atoms with Gasteiger partial charge < -0.3 is 21.4 Å². The molecule has 4 aromatic heterocycles. The van der Waals surface area contributed by atoms with Gasteiger partial charge in [0.05, 0.1) is 22.9 Å². The summed E-state index contributed by atoms with van der Waals surface area (Å²) in [6, 6.07) is 0.239. The largest absolute Gasteiger partial charge is 0.383 e. The number of H-pyrrole nitrogens is 1. The maximum absolute atomic E-state index is 13.0. The van der Waals surface area contributed by atoms with Crippen LogP contribution in [0, 0.1) is 0 Å². The monoisotopic (exact) mass is 523 g/mol. The van der Waals surface area contributed by atoms with E-state index in [-0.39, 0.29) is 36.3 Å². The van der Waals surface area contributed by atoms with Crippen LogP contribution in [-0.4, -0.2) is 62.6 Å². The van der Waals surface area contributed by atoms with Crippen molar-refractivity contribution in [1.82, 2.24) is 44.6 Å². The van der Waals surface area contributed by atoms with E-state index < -0.39 is 0 Å². The normalized spacial score (nSPS) is 21.9. The van der Waals surface area contributed by atoms with Crippen LogP contribution in [0.1, 0.15) is 53.7 Å². The van der Waals surface area contributed by atoms with Gasteiger partial charge in [0, 0.05) is 41.5 Å². The lowest BCUT2D eigenvalue weighted by Crippen LogP contribution is -2.46. The summed E-state index contributed by atoms with van der Waals surface area (Å²) in [5.41, 5.74) is 15.2. The van der Waals surface area contributed by atoms with Crippen LogP contribution in [0.5, 0.6) is 0 Å². The Kier molecular flexibility index (Phi) is 5.03. The molecule has 6 rings (SSSR count). The number of carbonyl (C=O) groups is 1. The number of nitrogens with zero attached hydrogens (tertiary/aromatic N) is 8. The molecule has 2 fully saturated rings. The van der Waals surface area contributed by atoms with Crippen LogP contribution in [0.25, 0.3) is 16.8 Å². The third-order valence-electron chi connectivity index (χ3n) is 6.82. The zero-order valence-corrected chi connectivity index (χ0v) is 19.7. The van der Waals surface area contributed by atoms with Crippen molar-refractivity contribution in [3.63, 3.8) is 0 Å². The minimum absolute atomic E-state index is 0.0931. The van der Waals surface area contributed by atoms with Gasteiger partial charge in [-0.05, 0) is 41.6 Å². The molecule has 34 heavy (non-hydrogen) atoms. The maximum atomic E-state index is 13.0. The number of fused-ring (bicyclic) bond motifs is 3. The van der Waals surface area contributed by atoms with Crippen LogP contribution in [-0.2, 0) is 6.54 Å². The molecule has 174 valence electrons. The second kappa shape index (κ2) is 8.09. The van der Waals surface area contributed by atoms with E-state index in [0.717, 1.165) is 47.0 Å². The van der Waals surface area contributed by atoms with Gasteiger partial charge in [0.2, 0.25) is 5.82 Å². The van der Waals surface area contributed by atoms with Crippen molar-refractivity contribution < 1.29 is 4.79 Å². The molecule has 6 heterocycles. The molecule has 0 unspecified atom stereocenters. The first-order valence-corrected chi connectivity index (χ1v) is 11.9. The summed E-state index contributed by atoms with van der Waals surface area (Å²) < 4.78 is 2.36. The predicted molar refractivity (Wildman–Crippen MR) is 125 cm³/mol. The van der Waals surface area contributed by atoms with Gasteiger partial charge in [0.1, 0.15) is 18.0 Å². The summed E-state index contributed by atoms with van der Waals surface area (Å²) in [5.74, 6) is 1.39. The van der Waals surface area contributed by atoms with Crippen molar-refractivity contribution in [3.8, 4) is 11.1 Å². The average molecular weight is 524 g/mol. The topological polar surface area (TPSA) is 170 Å². The number of nitrogens with two attached hydrogens (primary N) is 2. The van der Waals surface area contributed by atoms with Crippen molar-refractivity contribution in [2.45, 2.75) is 50.2 Å². The van der Waals surface area contributed by atoms with Crippen LogP contribution in [0.3, 0.4) is 0 Å². The van der Waals surface area contributed by atoms with Gasteiger partial charge in [-0.25, -0.2) is 15.0 Å². The number of halogens is 1. The Morgan fingerprint density at radius 3 is 2.56 bits per heavy atom. The van der Waals surface area contributed by atoms with Crippen molar-refractivity contribution in [2.75, 3.05) is 5.73 Å². The van der Waals surface area contributed by atoms with Crippen LogP contribution in [0.15, 0.2) is 29.4 Å². The number of carbonyl (C=O) groups excluding carboxylic acids is 1. The van der Waals surface area contributed by atoms with Gasteiger partial charge in [0.15, 0.2) is 5.65 Å². The predicted octanol–water partition coefficient (Wildman–Crippen LogP) is 1.66. The van der Waals surface area contributed by atoms with Crippen molar-refractivity contribution in [3.05, 3.63) is 46.7 Å². The molecule has 12 nitrogen and oxygen atoms in total. The number of aromatic amines is 1. The average Bonchev–Trinajstić information content (AvgIpc) is 3.59. The Bertz CT molecular complexity index is 1350. The highest BCUT2D eigenvalue weighted by Gasteiger charge is 2.45. The quantitative estimate of drug-likeness (QED) is 0.359. The van der Waals surface area contributed by atoms with Gasteiger partial charge >= 0.3 is 0 Å². The summed E-state index contributed by atoms with van der Waals surface area (Å²) in [6.07, 6.45) is 10.1. The molecule has 2 bridgehead atoms. The number of nitrogens with one attached hydrogen (secondary N) is 1. The molecule has 5 N–H and O–H groups in total. The lowest BCUT2D eigenvalue weighted by molar-refractivity contribution is 0.0557. The van der Waals surface area contributed by atoms with E-state index in [4.69, 9.17) is 16.5 Å². The number of rotatable bonds is 4. The van der Waals surface area contributed by atoms with Gasteiger partial charge in [-0.3, -0.25) is 4.79 Å². The molecule has 2 aliphatic heterocycles. The minimum atomic E-state index is -0.0931. The van der Waals surface area contributed by atoms with E-state index in [1.807, 2.05) is 4.90 Å². The highest BCUT2D eigenvalue weighted by molar-refractivity contribution is 9.10. The van der Waals surface area contributed by atoms with E-state index in [0.29, 0.717) is 17.3 Å². The molecule has 0 aromatic carbocycles. The first-order chi connectivity index (χ1) is 16.5. The standard InChI is InChI=1S/C21H22BrN11O/c22-16-17(10-3-12-1-2-13(4-10)32(12)21(34)19-27-9-28-31-19)30-20-14(8-29-33(20)18(16)24)11-6-25-15(5-23)26-7-11/h6-10,12-13H,1-5,23-24H2,(H,27,28,31)/t10-,12-,13+. The smallest absolute Gasteiger partial charge is 0.292 e. The molecule has 1 amide bonds. The summed E-state index contributed by atoms with van der Waals surface area (Å²) in [5, 5.41) is 12.1. The van der Waals surface area contributed by atoms with Crippen molar-refractivity contribution in [1.29, 1.82) is 0 Å². The third kappa shape index (κ3) is 3.26. The van der Waals surface area contributed by atoms with Crippen molar-refractivity contribution in [2.24, 2.45) is 5.73 Å². The van der Waals surface area contributed by atoms with Crippen LogP contribution < -0.4 is 11.5 Å². The molecule has 2 aliphatic rings. The molecule has 13 heteroatoms. The Balaban J connectivity index is 1.35. The molecule has 0 spiro atoms. The van der Waals surface area contributed by atoms with Crippen molar-refractivity contribution >= 4 is 33.3 Å². The molecular formula is C21H22BrN11O. The molecule has 4 aromatic rings. The Morgan fingerprint density at radius 2 is 1.91 bits per heavy atom. The maximum Gasteiger partial charge on any atom is 0.292 e. The summed E-state index contributed by atoms with van der Waals surface area (Å²) in [7, 11) is 0. The second-order valence-electron chi connectivity index (χ2n) is 8.69. The molecule has 0 radical (unpaired) electrons. The Labute approximate surface area is 202 Å². The highest BCUT2D eigenvalue weighted by Crippen LogP contribution is 2.45. The summed E-state index contributed by atoms with van der Waals surface area (Å²) in [4.78, 5) is 31.4. The zero-order valence-electron chi connectivity index (χ0n) is 18.1. The van der Waals surface area contributed by atoms with Crippen LogP contribution >= 0.6 is 15.9 Å². The fourth-order valence-electron chi connectivity index (χ4n) is 5.25. The number of aromatic nitrogens is 8. The molecule has 3 atom stereocenters. The number of nitrogen functional groups attached to an aromatic ring is 1. The fraction of sp³-hybridized carbons (Fsp3) is 0.381. The molecule has 0 aliphatic carbocycles. The SMILES string of the molecule is NCc1ncc(-c2cnn3c(N)c(Br)c([C@@H]4C[C@H]5CC[C@@H](C4)N5C(=O)c4nnc[nH]4)nc23)cn1. The van der Waals surface area contributed by atoms with E-state index in [2.05, 4.69) is 46.2 Å². The number of anilines is 1. The van der Waals surface area contributed by atoms with Gasteiger partial charge in [-0.1, -0.05) is 0 Å². The number of piperidine rings is 1. The lowest BCUT2D eigenvalue weighted by Gasteiger charge is -2.38. The van der Waals surface area contributed by atoms with Gasteiger partial charge in [-0.15, -0.1) is 10.2 Å². The van der Waals surface area contributed by atoms with E-state index in [9.17, 15) is 4.79 Å².